The van der Waals surface area contributed by atoms with E-state index in [2.05, 4.69) is 5.32 Å². The summed E-state index contributed by atoms with van der Waals surface area (Å²) < 4.78 is 26.8. The third kappa shape index (κ3) is 3.04. The number of nitrogens with one attached hydrogen (secondary N) is 1. The quantitative estimate of drug-likeness (QED) is 0.877. The van der Waals surface area contributed by atoms with E-state index < -0.39 is 40.9 Å². The Morgan fingerprint density at radius 1 is 1.43 bits per heavy atom. The van der Waals surface area contributed by atoms with Gasteiger partial charge in [-0.2, -0.15) is 0 Å². The van der Waals surface area contributed by atoms with Gasteiger partial charge >= 0.3 is 5.97 Å². The van der Waals surface area contributed by atoms with Crippen LogP contribution in [0.4, 0.5) is 8.78 Å². The highest BCUT2D eigenvalue weighted by Gasteiger charge is 2.47. The van der Waals surface area contributed by atoms with Crippen LogP contribution in [-0.2, 0) is 9.59 Å². The molecule has 1 saturated carbocycles. The van der Waals surface area contributed by atoms with Gasteiger partial charge in [0.05, 0.1) is 0 Å². The number of carboxylic acids is 1. The molecule has 3 unspecified atom stereocenters. The maximum absolute atomic E-state index is 13.6. The lowest BCUT2D eigenvalue weighted by Gasteiger charge is -2.24. The first kappa shape index (κ1) is 15.4. The number of amides is 1. The summed E-state index contributed by atoms with van der Waals surface area (Å²) in [7, 11) is 0. The number of aliphatic carboxylic acids is 1. The molecule has 0 radical (unpaired) electrons. The predicted octanol–water partition coefficient (Wildman–Crippen LogP) is 2.44. The van der Waals surface area contributed by atoms with Crippen molar-refractivity contribution < 1.29 is 23.5 Å². The highest BCUT2D eigenvalue weighted by atomic mass is 19.1. The largest absolute Gasteiger partial charge is 0.480 e. The molecule has 21 heavy (non-hydrogen) atoms. The Hall–Kier alpha value is -1.98. The molecule has 1 aromatic rings. The fourth-order valence-corrected chi connectivity index (χ4v) is 2.28. The molecular weight excluding hydrogens is 280 g/mol. The van der Waals surface area contributed by atoms with E-state index in [0.29, 0.717) is 6.42 Å². The topological polar surface area (TPSA) is 66.4 Å². The van der Waals surface area contributed by atoms with Gasteiger partial charge in [-0.05, 0) is 49.4 Å². The van der Waals surface area contributed by atoms with Gasteiger partial charge in [-0.25, -0.2) is 13.6 Å². The van der Waals surface area contributed by atoms with Gasteiger partial charge in [-0.15, -0.1) is 0 Å². The van der Waals surface area contributed by atoms with Crippen LogP contribution in [0, 0.1) is 17.6 Å². The molecular formula is C15H17F2NO3. The van der Waals surface area contributed by atoms with Crippen LogP contribution in [0.1, 0.15) is 38.2 Å². The maximum Gasteiger partial charge on any atom is 0.329 e. The van der Waals surface area contributed by atoms with Crippen LogP contribution in [0.15, 0.2) is 18.2 Å². The fraction of sp³-hybridized carbons (Fsp3) is 0.467. The highest BCUT2D eigenvalue weighted by Crippen LogP contribution is 2.48. The van der Waals surface area contributed by atoms with E-state index in [1.54, 1.807) is 6.92 Å². The van der Waals surface area contributed by atoms with Crippen molar-refractivity contribution in [1.82, 2.24) is 5.32 Å². The minimum absolute atomic E-state index is 0.170. The molecule has 1 amide bonds. The van der Waals surface area contributed by atoms with Crippen molar-refractivity contribution in [1.29, 1.82) is 0 Å². The Bertz CT molecular complexity index is 590. The summed E-state index contributed by atoms with van der Waals surface area (Å²) in [6, 6.07) is 3.14. The summed E-state index contributed by atoms with van der Waals surface area (Å²) in [5.74, 6) is -3.56. The Balaban J connectivity index is 2.08. The third-order valence-electron chi connectivity index (χ3n) is 4.06. The number of carbonyl (C=O) groups is 2. The van der Waals surface area contributed by atoms with Crippen molar-refractivity contribution >= 4 is 11.9 Å². The van der Waals surface area contributed by atoms with E-state index in [4.69, 9.17) is 5.11 Å². The van der Waals surface area contributed by atoms with Crippen molar-refractivity contribution in [2.75, 3.05) is 0 Å². The maximum atomic E-state index is 13.6. The predicted molar refractivity (Wildman–Crippen MR) is 71.7 cm³/mol. The van der Waals surface area contributed by atoms with E-state index in [9.17, 15) is 18.4 Å². The molecule has 0 bridgehead atoms. The summed E-state index contributed by atoms with van der Waals surface area (Å²) >= 11 is 0. The average molecular weight is 297 g/mol. The first-order valence-electron chi connectivity index (χ1n) is 6.79. The number of hydrogen-bond donors (Lipinski definition) is 2. The van der Waals surface area contributed by atoms with Crippen molar-refractivity contribution in [2.24, 2.45) is 5.92 Å². The highest BCUT2D eigenvalue weighted by molar-refractivity contribution is 5.89. The van der Waals surface area contributed by atoms with Crippen molar-refractivity contribution in [3.05, 3.63) is 35.4 Å². The van der Waals surface area contributed by atoms with Crippen LogP contribution in [0.2, 0.25) is 0 Å². The molecule has 0 heterocycles. The van der Waals surface area contributed by atoms with Crippen LogP contribution >= 0.6 is 0 Å². The van der Waals surface area contributed by atoms with Crippen LogP contribution in [0.25, 0.3) is 0 Å². The second-order valence-corrected chi connectivity index (χ2v) is 5.59. The molecule has 0 aromatic heterocycles. The van der Waals surface area contributed by atoms with E-state index in [0.717, 1.165) is 18.2 Å². The second kappa shape index (κ2) is 5.42. The van der Waals surface area contributed by atoms with Gasteiger partial charge < -0.3 is 10.4 Å². The molecule has 1 aliphatic carbocycles. The number of carboxylic acid groups (broad SMARTS) is 1. The van der Waals surface area contributed by atoms with Gasteiger partial charge in [0.25, 0.3) is 0 Å². The van der Waals surface area contributed by atoms with Gasteiger partial charge in [0.1, 0.15) is 17.2 Å². The van der Waals surface area contributed by atoms with Crippen molar-refractivity contribution in [3.63, 3.8) is 0 Å². The zero-order chi connectivity index (χ0) is 15.8. The molecule has 0 spiro atoms. The summed E-state index contributed by atoms with van der Waals surface area (Å²) in [6.45, 7) is 3.08. The van der Waals surface area contributed by atoms with Gasteiger partial charge in [0.2, 0.25) is 5.91 Å². The molecule has 6 heteroatoms. The van der Waals surface area contributed by atoms with Gasteiger partial charge in [-0.1, -0.05) is 6.92 Å². The first-order valence-corrected chi connectivity index (χ1v) is 6.79. The lowest BCUT2D eigenvalue weighted by Crippen LogP contribution is -2.52. The Morgan fingerprint density at radius 3 is 2.67 bits per heavy atom. The molecule has 2 rings (SSSR count). The molecule has 1 fully saturated rings. The Labute approximate surface area is 121 Å². The number of benzene rings is 1. The van der Waals surface area contributed by atoms with Gasteiger partial charge in [-0.3, -0.25) is 4.79 Å². The summed E-state index contributed by atoms with van der Waals surface area (Å²) in [4.78, 5) is 23.2. The monoisotopic (exact) mass is 297 g/mol. The Kier molecular flexibility index (Phi) is 3.98. The Morgan fingerprint density at radius 2 is 2.10 bits per heavy atom. The number of halogens is 2. The first-order chi connectivity index (χ1) is 9.78. The zero-order valence-electron chi connectivity index (χ0n) is 11.8. The van der Waals surface area contributed by atoms with Crippen LogP contribution in [-0.4, -0.2) is 22.5 Å². The molecule has 0 saturated heterocycles. The minimum Gasteiger partial charge on any atom is -0.480 e. The standard InChI is InChI=1S/C15H17F2NO3/c1-3-15(2,14(20)21)18-13(19)11-7-9(11)10-6-8(16)4-5-12(10)17/h4-6,9,11H,3,7H2,1-2H3,(H,18,19)(H,20,21). The summed E-state index contributed by atoms with van der Waals surface area (Å²) in [6.07, 6.45) is 0.630. The lowest BCUT2D eigenvalue weighted by molar-refractivity contribution is -0.147. The molecule has 0 aliphatic heterocycles. The minimum atomic E-state index is -1.34. The molecule has 2 N–H and O–H groups in total. The average Bonchev–Trinajstić information content (AvgIpc) is 3.21. The molecule has 114 valence electrons. The number of carbonyl (C=O) groups excluding carboxylic acids is 1. The molecule has 3 atom stereocenters. The number of rotatable bonds is 5. The van der Waals surface area contributed by atoms with E-state index in [1.807, 2.05) is 0 Å². The van der Waals surface area contributed by atoms with Crippen LogP contribution in [0.5, 0.6) is 0 Å². The molecule has 1 aromatic carbocycles. The normalized spacial score (nSPS) is 23.2. The second-order valence-electron chi connectivity index (χ2n) is 5.59. The fourth-order valence-electron chi connectivity index (χ4n) is 2.28. The van der Waals surface area contributed by atoms with Crippen molar-refractivity contribution in [2.45, 2.75) is 38.1 Å². The third-order valence-corrected chi connectivity index (χ3v) is 4.06. The summed E-state index contributed by atoms with van der Waals surface area (Å²) in [5, 5.41) is 11.6. The summed E-state index contributed by atoms with van der Waals surface area (Å²) in [5.41, 5.74) is -1.17. The van der Waals surface area contributed by atoms with E-state index >= 15 is 0 Å². The van der Waals surface area contributed by atoms with Crippen molar-refractivity contribution in [3.8, 4) is 0 Å². The smallest absolute Gasteiger partial charge is 0.329 e. The van der Waals surface area contributed by atoms with Crippen LogP contribution in [0.3, 0.4) is 0 Å². The molecule has 1 aliphatic rings. The lowest BCUT2D eigenvalue weighted by atomic mass is 9.98. The zero-order valence-corrected chi connectivity index (χ0v) is 11.8. The van der Waals surface area contributed by atoms with E-state index in [1.165, 1.54) is 6.92 Å². The van der Waals surface area contributed by atoms with Crippen LogP contribution < -0.4 is 5.32 Å². The van der Waals surface area contributed by atoms with E-state index in [-0.39, 0.29) is 12.0 Å². The van der Waals surface area contributed by atoms with Gasteiger partial charge in [0, 0.05) is 5.92 Å². The SMILES string of the molecule is CCC(C)(NC(=O)C1CC1c1cc(F)ccc1F)C(=O)O. The van der Waals surface area contributed by atoms with Gasteiger partial charge in [0.15, 0.2) is 0 Å². The molecule has 4 nitrogen and oxygen atoms in total. The number of hydrogen-bond acceptors (Lipinski definition) is 2.